The Hall–Kier alpha value is -0.160. The lowest BCUT2D eigenvalue weighted by Crippen LogP contribution is -2.31. The molecule has 13 heavy (non-hydrogen) atoms. The van der Waals surface area contributed by atoms with Gasteiger partial charge >= 0.3 is 0 Å². The van der Waals surface area contributed by atoms with Crippen molar-refractivity contribution >= 4 is 0 Å². The third kappa shape index (κ3) is 9.76. The second-order valence-electron chi connectivity index (χ2n) is 2.93. The summed E-state index contributed by atoms with van der Waals surface area (Å²) in [6.07, 6.45) is 0.667. The Morgan fingerprint density at radius 3 is 2.77 bits per heavy atom. The molecule has 0 amide bonds. The summed E-state index contributed by atoms with van der Waals surface area (Å²) < 4.78 is 9.95. The van der Waals surface area contributed by atoms with Gasteiger partial charge in [-0.05, 0) is 13.0 Å². The van der Waals surface area contributed by atoms with Gasteiger partial charge in [0.1, 0.15) is 0 Å². The van der Waals surface area contributed by atoms with Crippen LogP contribution in [-0.4, -0.2) is 51.2 Å². The Bertz CT molecular complexity index is 101. The molecule has 4 nitrogen and oxygen atoms in total. The molecule has 0 aliphatic heterocycles. The van der Waals surface area contributed by atoms with Crippen LogP contribution in [0.2, 0.25) is 0 Å². The highest BCUT2D eigenvalue weighted by atomic mass is 16.5. The lowest BCUT2D eigenvalue weighted by molar-refractivity contribution is 0.0139. The Labute approximate surface area is 80.2 Å². The molecule has 1 atom stereocenters. The van der Waals surface area contributed by atoms with Gasteiger partial charge < -0.3 is 19.9 Å². The van der Waals surface area contributed by atoms with Gasteiger partial charge in [-0.1, -0.05) is 6.92 Å². The third-order valence-corrected chi connectivity index (χ3v) is 1.55. The van der Waals surface area contributed by atoms with Gasteiger partial charge in [0.15, 0.2) is 0 Å². The minimum Gasteiger partial charge on any atom is -0.389 e. The van der Waals surface area contributed by atoms with E-state index in [1.165, 1.54) is 0 Å². The standard InChI is InChI=1S/C9H21NO3/c1-3-4-10-7-9(11)8-13-6-5-12-2/h9-11H,3-8H2,1-2H3. The van der Waals surface area contributed by atoms with Crippen molar-refractivity contribution in [2.45, 2.75) is 19.4 Å². The van der Waals surface area contributed by atoms with E-state index in [4.69, 9.17) is 9.47 Å². The summed E-state index contributed by atoms with van der Waals surface area (Å²) in [7, 11) is 1.63. The molecular weight excluding hydrogens is 170 g/mol. The molecule has 0 fully saturated rings. The van der Waals surface area contributed by atoms with Gasteiger partial charge in [0.05, 0.1) is 25.9 Å². The number of hydrogen-bond donors (Lipinski definition) is 2. The van der Waals surface area contributed by atoms with E-state index in [1.807, 2.05) is 0 Å². The second-order valence-corrected chi connectivity index (χ2v) is 2.93. The van der Waals surface area contributed by atoms with E-state index in [-0.39, 0.29) is 0 Å². The first kappa shape index (κ1) is 12.8. The zero-order valence-electron chi connectivity index (χ0n) is 8.58. The van der Waals surface area contributed by atoms with Gasteiger partial charge in [0.2, 0.25) is 0 Å². The van der Waals surface area contributed by atoms with Crippen LogP contribution in [0.3, 0.4) is 0 Å². The first-order valence-corrected chi connectivity index (χ1v) is 4.76. The summed E-state index contributed by atoms with van der Waals surface area (Å²) in [5.74, 6) is 0. The van der Waals surface area contributed by atoms with Crippen LogP contribution in [-0.2, 0) is 9.47 Å². The first-order chi connectivity index (χ1) is 6.31. The Morgan fingerprint density at radius 1 is 1.38 bits per heavy atom. The maximum absolute atomic E-state index is 9.35. The molecule has 0 spiro atoms. The molecule has 0 aliphatic rings. The summed E-state index contributed by atoms with van der Waals surface area (Å²) in [5.41, 5.74) is 0. The van der Waals surface area contributed by atoms with Crippen LogP contribution < -0.4 is 5.32 Å². The van der Waals surface area contributed by atoms with Gasteiger partial charge in [-0.15, -0.1) is 0 Å². The van der Waals surface area contributed by atoms with E-state index in [0.29, 0.717) is 26.4 Å². The maximum Gasteiger partial charge on any atom is 0.0897 e. The molecule has 0 aromatic heterocycles. The van der Waals surface area contributed by atoms with Gasteiger partial charge in [-0.25, -0.2) is 0 Å². The summed E-state index contributed by atoms with van der Waals surface area (Å²) in [6.45, 7) is 5.13. The Kier molecular flexibility index (Phi) is 9.80. The molecule has 0 aromatic carbocycles. The lowest BCUT2D eigenvalue weighted by Gasteiger charge is -2.11. The fourth-order valence-corrected chi connectivity index (χ4v) is 0.866. The van der Waals surface area contributed by atoms with Crippen LogP contribution in [0.5, 0.6) is 0 Å². The number of methoxy groups -OCH3 is 1. The smallest absolute Gasteiger partial charge is 0.0897 e. The van der Waals surface area contributed by atoms with E-state index in [0.717, 1.165) is 13.0 Å². The predicted molar refractivity (Wildman–Crippen MR) is 51.9 cm³/mol. The summed E-state index contributed by atoms with van der Waals surface area (Å²) in [6, 6.07) is 0. The molecule has 1 unspecified atom stereocenters. The quantitative estimate of drug-likeness (QED) is 0.504. The normalized spacial score (nSPS) is 13.2. The monoisotopic (exact) mass is 191 g/mol. The van der Waals surface area contributed by atoms with Crippen LogP contribution in [0.25, 0.3) is 0 Å². The Morgan fingerprint density at radius 2 is 2.15 bits per heavy atom. The number of ether oxygens (including phenoxy) is 2. The molecule has 80 valence electrons. The molecule has 0 radical (unpaired) electrons. The van der Waals surface area contributed by atoms with Gasteiger partial charge in [-0.3, -0.25) is 0 Å². The van der Waals surface area contributed by atoms with Gasteiger partial charge in [-0.2, -0.15) is 0 Å². The predicted octanol–water partition coefficient (Wildman–Crippen LogP) is 0.00990. The van der Waals surface area contributed by atoms with Crippen molar-refractivity contribution in [2.24, 2.45) is 0 Å². The van der Waals surface area contributed by atoms with E-state index >= 15 is 0 Å². The van der Waals surface area contributed by atoms with E-state index in [1.54, 1.807) is 7.11 Å². The molecule has 4 heteroatoms. The first-order valence-electron chi connectivity index (χ1n) is 4.76. The average molecular weight is 191 g/mol. The summed E-state index contributed by atoms with van der Waals surface area (Å²) >= 11 is 0. The maximum atomic E-state index is 9.35. The highest BCUT2D eigenvalue weighted by Gasteiger charge is 2.02. The van der Waals surface area contributed by atoms with Crippen LogP contribution >= 0.6 is 0 Å². The number of aliphatic hydroxyl groups is 1. The van der Waals surface area contributed by atoms with E-state index in [2.05, 4.69) is 12.2 Å². The molecule has 0 saturated heterocycles. The molecule has 0 heterocycles. The molecule has 0 aromatic rings. The highest BCUT2D eigenvalue weighted by molar-refractivity contribution is 4.57. The number of aliphatic hydroxyl groups excluding tert-OH is 1. The Balaban J connectivity index is 3.05. The average Bonchev–Trinajstić information content (AvgIpc) is 2.13. The van der Waals surface area contributed by atoms with Gasteiger partial charge in [0.25, 0.3) is 0 Å². The summed E-state index contributed by atoms with van der Waals surface area (Å²) in [4.78, 5) is 0. The van der Waals surface area contributed by atoms with Crippen molar-refractivity contribution in [1.29, 1.82) is 0 Å². The second kappa shape index (κ2) is 9.92. The number of nitrogens with one attached hydrogen (secondary N) is 1. The van der Waals surface area contributed by atoms with Crippen molar-refractivity contribution in [3.63, 3.8) is 0 Å². The van der Waals surface area contributed by atoms with Crippen molar-refractivity contribution in [2.75, 3.05) is 40.0 Å². The molecule has 2 N–H and O–H groups in total. The minimum atomic E-state index is -0.414. The summed E-state index contributed by atoms with van der Waals surface area (Å²) in [5, 5.41) is 12.5. The fraction of sp³-hybridized carbons (Fsp3) is 1.00. The molecule has 0 bridgehead atoms. The van der Waals surface area contributed by atoms with Crippen molar-refractivity contribution in [3.05, 3.63) is 0 Å². The molecule has 0 aliphatic carbocycles. The van der Waals surface area contributed by atoms with Crippen molar-refractivity contribution < 1.29 is 14.6 Å². The molecule has 0 rings (SSSR count). The largest absolute Gasteiger partial charge is 0.389 e. The van der Waals surface area contributed by atoms with Gasteiger partial charge in [0, 0.05) is 13.7 Å². The lowest BCUT2D eigenvalue weighted by atomic mass is 10.3. The van der Waals surface area contributed by atoms with Crippen LogP contribution in [0, 0.1) is 0 Å². The minimum absolute atomic E-state index is 0.375. The zero-order valence-corrected chi connectivity index (χ0v) is 8.58. The highest BCUT2D eigenvalue weighted by Crippen LogP contribution is 1.84. The van der Waals surface area contributed by atoms with Crippen molar-refractivity contribution in [1.82, 2.24) is 5.32 Å². The molecule has 0 saturated carbocycles. The SMILES string of the molecule is CCCNCC(O)COCCOC. The fourth-order valence-electron chi connectivity index (χ4n) is 0.866. The van der Waals surface area contributed by atoms with E-state index in [9.17, 15) is 5.11 Å². The van der Waals surface area contributed by atoms with Crippen LogP contribution in [0.15, 0.2) is 0 Å². The van der Waals surface area contributed by atoms with E-state index < -0.39 is 6.10 Å². The third-order valence-electron chi connectivity index (χ3n) is 1.55. The number of rotatable bonds is 9. The topological polar surface area (TPSA) is 50.7 Å². The zero-order chi connectivity index (χ0) is 9.94. The number of hydrogen-bond acceptors (Lipinski definition) is 4. The van der Waals surface area contributed by atoms with Crippen LogP contribution in [0.4, 0.5) is 0 Å². The molecular formula is C9H21NO3. The van der Waals surface area contributed by atoms with Crippen LogP contribution in [0.1, 0.15) is 13.3 Å². The van der Waals surface area contributed by atoms with Crippen molar-refractivity contribution in [3.8, 4) is 0 Å².